The molecule has 5 heteroatoms. The molecule has 1 N–H and O–H groups in total. The number of benzene rings is 1. The summed E-state index contributed by atoms with van der Waals surface area (Å²) in [6.07, 6.45) is 5.06. The Morgan fingerprint density at radius 1 is 0.909 bits per heavy atom. The van der Waals surface area contributed by atoms with Gasteiger partial charge >= 0.3 is 0 Å². The number of hydrogen-bond acceptors (Lipinski definition) is 5. The van der Waals surface area contributed by atoms with Gasteiger partial charge in [-0.2, -0.15) is 0 Å². The summed E-state index contributed by atoms with van der Waals surface area (Å²) in [5.41, 5.74) is 1.51. The Bertz CT molecular complexity index is 885. The summed E-state index contributed by atoms with van der Waals surface area (Å²) < 4.78 is 5.81. The van der Waals surface area contributed by atoms with Crippen molar-refractivity contribution in [2.45, 2.75) is 0 Å². The van der Waals surface area contributed by atoms with Crippen molar-refractivity contribution >= 4 is 22.6 Å². The number of hydrogen-bond donors (Lipinski definition) is 1. The molecule has 0 aliphatic carbocycles. The van der Waals surface area contributed by atoms with E-state index in [1.165, 1.54) is 0 Å². The molecule has 0 bridgehead atoms. The molecule has 0 amide bonds. The molecule has 0 saturated carbocycles. The summed E-state index contributed by atoms with van der Waals surface area (Å²) in [4.78, 5) is 12.9. The van der Waals surface area contributed by atoms with Gasteiger partial charge in [-0.15, -0.1) is 0 Å². The highest BCUT2D eigenvalue weighted by Crippen LogP contribution is 2.26. The van der Waals surface area contributed by atoms with Crippen molar-refractivity contribution in [3.05, 3.63) is 67.1 Å². The fraction of sp³-hybridized carbons (Fsp3) is 0. The highest BCUT2D eigenvalue weighted by Gasteiger charge is 2.08. The van der Waals surface area contributed by atoms with Crippen molar-refractivity contribution in [1.82, 2.24) is 15.0 Å². The van der Waals surface area contributed by atoms with E-state index in [0.29, 0.717) is 17.3 Å². The predicted molar refractivity (Wildman–Crippen MR) is 84.8 cm³/mol. The maximum Gasteiger partial charge on any atom is 0.155 e. The van der Waals surface area contributed by atoms with Crippen LogP contribution in [0.2, 0.25) is 0 Å². The number of nitrogens with zero attached hydrogens (tertiary/aromatic N) is 3. The van der Waals surface area contributed by atoms with Gasteiger partial charge in [-0.1, -0.05) is 24.3 Å². The molecule has 4 aromatic rings. The molecule has 0 fully saturated rings. The number of rotatable bonds is 3. The van der Waals surface area contributed by atoms with Crippen LogP contribution in [0, 0.1) is 0 Å². The number of furan rings is 1. The van der Waals surface area contributed by atoms with Crippen LogP contribution >= 0.6 is 0 Å². The van der Waals surface area contributed by atoms with Crippen LogP contribution in [-0.4, -0.2) is 15.0 Å². The minimum absolute atomic E-state index is 0.622. The minimum Gasteiger partial charge on any atom is -0.454 e. The molecule has 3 heterocycles. The van der Waals surface area contributed by atoms with E-state index in [9.17, 15) is 0 Å². The number of pyridine rings is 1. The van der Waals surface area contributed by atoms with Gasteiger partial charge in [0, 0.05) is 11.6 Å². The van der Waals surface area contributed by atoms with Gasteiger partial charge in [-0.3, -0.25) is 4.98 Å². The number of aromatic nitrogens is 3. The van der Waals surface area contributed by atoms with E-state index < -0.39 is 0 Å². The maximum absolute atomic E-state index is 5.81. The van der Waals surface area contributed by atoms with Crippen LogP contribution < -0.4 is 5.32 Å². The molecule has 4 rings (SSSR count). The van der Waals surface area contributed by atoms with Crippen LogP contribution in [0.15, 0.2) is 71.5 Å². The van der Waals surface area contributed by atoms with Gasteiger partial charge in [0.05, 0.1) is 12.4 Å². The van der Waals surface area contributed by atoms with Crippen molar-refractivity contribution in [3.63, 3.8) is 0 Å². The Hall–Kier alpha value is -3.21. The lowest BCUT2D eigenvalue weighted by molar-refractivity contribution is 0.628. The fourth-order valence-electron chi connectivity index (χ4n) is 2.22. The lowest BCUT2D eigenvalue weighted by Gasteiger charge is -2.04. The average molecular weight is 288 g/mol. The van der Waals surface area contributed by atoms with Gasteiger partial charge < -0.3 is 9.73 Å². The molecule has 5 nitrogen and oxygen atoms in total. The van der Waals surface area contributed by atoms with Gasteiger partial charge in [0.15, 0.2) is 11.6 Å². The molecule has 22 heavy (non-hydrogen) atoms. The molecule has 0 aliphatic rings. The highest BCUT2D eigenvalue weighted by atomic mass is 16.3. The summed E-state index contributed by atoms with van der Waals surface area (Å²) in [6.45, 7) is 0. The highest BCUT2D eigenvalue weighted by molar-refractivity contribution is 5.82. The first kappa shape index (κ1) is 12.5. The van der Waals surface area contributed by atoms with Crippen LogP contribution in [-0.2, 0) is 0 Å². The fourth-order valence-corrected chi connectivity index (χ4v) is 2.22. The Morgan fingerprint density at radius 2 is 1.82 bits per heavy atom. The second kappa shape index (κ2) is 5.29. The monoisotopic (exact) mass is 288 g/mol. The molecular formula is C17H12N4O. The third-order valence-electron chi connectivity index (χ3n) is 3.23. The number of para-hydroxylation sites is 1. The van der Waals surface area contributed by atoms with Crippen molar-refractivity contribution in [1.29, 1.82) is 0 Å². The first-order valence-corrected chi connectivity index (χ1v) is 6.87. The van der Waals surface area contributed by atoms with E-state index in [4.69, 9.17) is 4.42 Å². The van der Waals surface area contributed by atoms with Crippen molar-refractivity contribution in [2.75, 3.05) is 5.32 Å². The third kappa shape index (κ3) is 2.40. The molecule has 0 saturated heterocycles. The number of nitrogens with one attached hydrogen (secondary N) is 1. The SMILES string of the molecule is c1ccc(Nc2cncc(-c3cc4ccccc4o3)n2)nc1. The van der Waals surface area contributed by atoms with Crippen LogP contribution in [0.3, 0.4) is 0 Å². The van der Waals surface area contributed by atoms with Crippen molar-refractivity contribution in [2.24, 2.45) is 0 Å². The van der Waals surface area contributed by atoms with E-state index >= 15 is 0 Å². The molecule has 106 valence electrons. The van der Waals surface area contributed by atoms with Gasteiger partial charge in [0.2, 0.25) is 0 Å². The van der Waals surface area contributed by atoms with Crippen LogP contribution in [0.25, 0.3) is 22.4 Å². The van der Waals surface area contributed by atoms with E-state index in [-0.39, 0.29) is 0 Å². The van der Waals surface area contributed by atoms with E-state index in [1.54, 1.807) is 18.6 Å². The van der Waals surface area contributed by atoms with Crippen LogP contribution in [0.5, 0.6) is 0 Å². The van der Waals surface area contributed by atoms with Crippen LogP contribution in [0.4, 0.5) is 11.6 Å². The zero-order chi connectivity index (χ0) is 14.8. The standard InChI is InChI=1S/C17H12N4O/c1-2-6-14-12(5-1)9-15(22-14)13-10-18-11-17(20-13)21-16-7-3-4-8-19-16/h1-11H,(H,19,20,21). The second-order valence-electron chi connectivity index (χ2n) is 4.78. The smallest absolute Gasteiger partial charge is 0.155 e. The van der Waals surface area contributed by atoms with Crippen LogP contribution in [0.1, 0.15) is 0 Å². The predicted octanol–water partition coefficient (Wildman–Crippen LogP) is 4.03. The molecule has 0 spiro atoms. The Labute approximate surface area is 126 Å². The van der Waals surface area contributed by atoms with Gasteiger partial charge in [-0.25, -0.2) is 9.97 Å². The topological polar surface area (TPSA) is 63.8 Å². The maximum atomic E-state index is 5.81. The van der Waals surface area contributed by atoms with Gasteiger partial charge in [-0.05, 0) is 24.3 Å². The summed E-state index contributed by atoms with van der Waals surface area (Å²) >= 11 is 0. The van der Waals surface area contributed by atoms with Gasteiger partial charge in [0.1, 0.15) is 17.1 Å². The summed E-state index contributed by atoms with van der Waals surface area (Å²) in [7, 11) is 0. The quantitative estimate of drug-likeness (QED) is 0.616. The molecule has 0 radical (unpaired) electrons. The lowest BCUT2D eigenvalue weighted by Crippen LogP contribution is -1.97. The zero-order valence-corrected chi connectivity index (χ0v) is 11.6. The summed E-state index contributed by atoms with van der Waals surface area (Å²) in [5, 5.41) is 4.17. The zero-order valence-electron chi connectivity index (χ0n) is 11.6. The molecule has 0 aliphatic heterocycles. The second-order valence-corrected chi connectivity index (χ2v) is 4.78. The molecule has 1 aromatic carbocycles. The first-order valence-electron chi connectivity index (χ1n) is 6.87. The van der Waals surface area contributed by atoms with E-state index in [0.717, 1.165) is 16.8 Å². The Balaban J connectivity index is 1.69. The number of anilines is 2. The van der Waals surface area contributed by atoms with Crippen molar-refractivity contribution in [3.8, 4) is 11.5 Å². The Morgan fingerprint density at radius 3 is 2.68 bits per heavy atom. The van der Waals surface area contributed by atoms with Gasteiger partial charge in [0.25, 0.3) is 0 Å². The van der Waals surface area contributed by atoms with E-state index in [2.05, 4.69) is 20.3 Å². The number of fused-ring (bicyclic) bond motifs is 1. The van der Waals surface area contributed by atoms with Crippen molar-refractivity contribution < 1.29 is 4.42 Å². The van der Waals surface area contributed by atoms with E-state index in [1.807, 2.05) is 48.5 Å². The summed E-state index contributed by atoms with van der Waals surface area (Å²) in [5.74, 6) is 2.04. The molecule has 0 unspecified atom stereocenters. The minimum atomic E-state index is 0.622. The Kier molecular flexibility index (Phi) is 3.01. The average Bonchev–Trinajstić information content (AvgIpc) is 3.00. The molecule has 3 aromatic heterocycles. The largest absolute Gasteiger partial charge is 0.454 e. The summed E-state index contributed by atoms with van der Waals surface area (Å²) in [6, 6.07) is 15.5. The molecular weight excluding hydrogens is 276 g/mol. The molecule has 0 atom stereocenters. The third-order valence-corrected chi connectivity index (χ3v) is 3.23. The first-order chi connectivity index (χ1) is 10.9. The lowest BCUT2D eigenvalue weighted by atomic mass is 10.2. The normalized spacial score (nSPS) is 10.7.